The molecule has 1 saturated heterocycles. The fourth-order valence-electron chi connectivity index (χ4n) is 3.77. The molecular weight excluding hydrogens is 480 g/mol. The van der Waals surface area contributed by atoms with E-state index in [4.69, 9.17) is 21.1 Å². The van der Waals surface area contributed by atoms with Crippen molar-refractivity contribution >= 4 is 35.8 Å². The molecule has 2 aromatic carbocycles. The van der Waals surface area contributed by atoms with Crippen LogP contribution in [-0.2, 0) is 4.74 Å². The lowest BCUT2D eigenvalue weighted by molar-refractivity contribution is -0.207. The van der Waals surface area contributed by atoms with Crippen molar-refractivity contribution in [1.82, 2.24) is 4.90 Å². The zero-order valence-corrected chi connectivity index (χ0v) is 19.7. The summed E-state index contributed by atoms with van der Waals surface area (Å²) in [6.07, 6.45) is -6.44. The van der Waals surface area contributed by atoms with Crippen LogP contribution in [0.2, 0.25) is 5.02 Å². The Morgan fingerprint density at radius 2 is 1.97 bits per heavy atom. The Morgan fingerprint density at radius 1 is 1.24 bits per heavy atom. The molecule has 1 fully saturated rings. The molecular formula is C23H27Cl2F3N2O3. The zero-order valence-electron chi connectivity index (χ0n) is 18.1. The highest BCUT2D eigenvalue weighted by atomic mass is 35.5. The van der Waals surface area contributed by atoms with Crippen LogP contribution in [-0.4, -0.2) is 49.5 Å². The molecule has 182 valence electrons. The first-order chi connectivity index (χ1) is 15.2. The van der Waals surface area contributed by atoms with Gasteiger partial charge in [0.25, 0.3) is 0 Å². The van der Waals surface area contributed by atoms with Gasteiger partial charge in [0.2, 0.25) is 6.10 Å². The molecule has 3 rings (SSSR count). The molecule has 2 atom stereocenters. The van der Waals surface area contributed by atoms with E-state index >= 15 is 0 Å². The molecule has 1 amide bonds. The van der Waals surface area contributed by atoms with Crippen LogP contribution in [0.5, 0.6) is 5.75 Å². The van der Waals surface area contributed by atoms with Crippen molar-refractivity contribution in [3.8, 4) is 5.75 Å². The molecule has 0 bridgehead atoms. The van der Waals surface area contributed by atoms with Crippen LogP contribution in [0.4, 0.5) is 23.7 Å². The smallest absolute Gasteiger partial charge is 0.426 e. The van der Waals surface area contributed by atoms with Crippen molar-refractivity contribution in [3.63, 3.8) is 0 Å². The van der Waals surface area contributed by atoms with Crippen molar-refractivity contribution in [2.24, 2.45) is 0 Å². The second-order valence-corrected chi connectivity index (χ2v) is 8.11. The monoisotopic (exact) mass is 506 g/mol. The van der Waals surface area contributed by atoms with Gasteiger partial charge in [-0.2, -0.15) is 13.2 Å². The lowest BCUT2D eigenvalue weighted by Gasteiger charge is -2.35. The summed E-state index contributed by atoms with van der Waals surface area (Å²) in [5.41, 5.74) is 1.33. The molecule has 0 aromatic heterocycles. The van der Waals surface area contributed by atoms with E-state index in [1.807, 2.05) is 31.2 Å². The maximum Gasteiger partial charge on any atom is 0.426 e. The van der Waals surface area contributed by atoms with Gasteiger partial charge < -0.3 is 9.47 Å². The third-order valence-corrected chi connectivity index (χ3v) is 5.53. The molecule has 2 aromatic rings. The fourth-order valence-corrected chi connectivity index (χ4v) is 3.90. The van der Waals surface area contributed by atoms with Crippen LogP contribution >= 0.6 is 24.0 Å². The second kappa shape index (κ2) is 12.3. The minimum Gasteiger partial charge on any atom is -0.494 e. The number of piperidine rings is 1. The molecule has 33 heavy (non-hydrogen) atoms. The number of hydrogen-bond acceptors (Lipinski definition) is 4. The van der Waals surface area contributed by atoms with Gasteiger partial charge in [-0.25, -0.2) is 4.79 Å². The topological polar surface area (TPSA) is 50.8 Å². The lowest BCUT2D eigenvalue weighted by Crippen LogP contribution is -2.47. The number of ether oxygens (including phenoxy) is 2. The maximum absolute atomic E-state index is 13.6. The van der Waals surface area contributed by atoms with Gasteiger partial charge >= 0.3 is 12.3 Å². The van der Waals surface area contributed by atoms with E-state index in [-0.39, 0.29) is 18.3 Å². The van der Waals surface area contributed by atoms with Crippen molar-refractivity contribution in [3.05, 3.63) is 59.1 Å². The van der Waals surface area contributed by atoms with E-state index in [0.29, 0.717) is 30.4 Å². The molecule has 0 saturated carbocycles. The number of anilines is 1. The molecule has 1 heterocycles. The summed E-state index contributed by atoms with van der Waals surface area (Å²) in [6, 6.07) is 13.7. The van der Waals surface area contributed by atoms with Gasteiger partial charge in [-0.1, -0.05) is 23.7 Å². The molecule has 0 radical (unpaired) electrons. The van der Waals surface area contributed by atoms with Gasteiger partial charge in [0.05, 0.1) is 6.61 Å². The first-order valence-corrected chi connectivity index (χ1v) is 10.9. The highest BCUT2D eigenvalue weighted by Gasteiger charge is 2.44. The largest absolute Gasteiger partial charge is 0.494 e. The quantitative estimate of drug-likeness (QED) is 0.464. The van der Waals surface area contributed by atoms with Crippen LogP contribution in [0, 0.1) is 0 Å². The average Bonchev–Trinajstić information content (AvgIpc) is 2.75. The van der Waals surface area contributed by atoms with E-state index < -0.39 is 24.9 Å². The number of carbonyl (C=O) groups excluding carboxylic acids is 1. The van der Waals surface area contributed by atoms with E-state index in [1.165, 1.54) is 24.3 Å². The van der Waals surface area contributed by atoms with Crippen LogP contribution in [0.3, 0.4) is 0 Å². The van der Waals surface area contributed by atoms with E-state index in [2.05, 4.69) is 5.32 Å². The summed E-state index contributed by atoms with van der Waals surface area (Å²) in [6.45, 7) is 2.98. The van der Waals surface area contributed by atoms with Gasteiger partial charge in [-0.3, -0.25) is 10.2 Å². The Kier molecular flexibility index (Phi) is 10.1. The van der Waals surface area contributed by atoms with Gasteiger partial charge in [-0.15, -0.1) is 12.4 Å². The molecule has 0 spiro atoms. The van der Waals surface area contributed by atoms with Crippen molar-refractivity contribution < 1.29 is 27.4 Å². The van der Waals surface area contributed by atoms with Crippen LogP contribution < -0.4 is 10.1 Å². The average molecular weight is 507 g/mol. The number of carbonyl (C=O) groups is 1. The molecule has 1 N–H and O–H groups in total. The third-order valence-electron chi connectivity index (χ3n) is 5.28. The number of halogens is 5. The Bertz CT molecular complexity index is 897. The van der Waals surface area contributed by atoms with E-state index in [0.717, 1.165) is 24.2 Å². The molecule has 5 nitrogen and oxygen atoms in total. The Hall–Kier alpha value is -2.16. The van der Waals surface area contributed by atoms with Gasteiger partial charge in [0.15, 0.2) is 0 Å². The SMILES string of the molecule is CCOc1cccc([C@@H]2CCCN(CC(OC(=O)Nc3ccc(Cl)cc3)C(F)(F)F)C2)c1.Cl. The summed E-state index contributed by atoms with van der Waals surface area (Å²) >= 11 is 5.78. The normalized spacial score (nSPS) is 17.5. The highest BCUT2D eigenvalue weighted by Crippen LogP contribution is 2.31. The summed E-state index contributed by atoms with van der Waals surface area (Å²) in [7, 11) is 0. The zero-order chi connectivity index (χ0) is 23.1. The number of nitrogens with one attached hydrogen (secondary N) is 1. The second-order valence-electron chi connectivity index (χ2n) is 7.67. The predicted octanol–water partition coefficient (Wildman–Crippen LogP) is 6.52. The van der Waals surface area contributed by atoms with Crippen LogP contribution in [0.15, 0.2) is 48.5 Å². The number of hydrogen-bond donors (Lipinski definition) is 1. The highest BCUT2D eigenvalue weighted by molar-refractivity contribution is 6.30. The van der Waals surface area contributed by atoms with Gasteiger partial charge in [0.1, 0.15) is 5.75 Å². The van der Waals surface area contributed by atoms with Gasteiger partial charge in [0, 0.05) is 23.8 Å². The predicted molar refractivity (Wildman–Crippen MR) is 125 cm³/mol. The number of nitrogens with zero attached hydrogens (tertiary/aromatic N) is 1. The minimum atomic E-state index is -4.68. The van der Waals surface area contributed by atoms with Crippen molar-refractivity contribution in [1.29, 1.82) is 0 Å². The maximum atomic E-state index is 13.6. The minimum absolute atomic E-state index is 0. The first-order valence-electron chi connectivity index (χ1n) is 10.5. The molecule has 10 heteroatoms. The number of alkyl halides is 3. The van der Waals surface area contributed by atoms with Gasteiger partial charge in [-0.05, 0) is 74.2 Å². The van der Waals surface area contributed by atoms with E-state index in [1.54, 1.807) is 4.90 Å². The summed E-state index contributed by atoms with van der Waals surface area (Å²) in [5.74, 6) is 0.832. The molecule has 0 aliphatic carbocycles. The number of rotatable bonds is 7. The number of amides is 1. The van der Waals surface area contributed by atoms with Crippen LogP contribution in [0.1, 0.15) is 31.2 Å². The number of likely N-dealkylation sites (tertiary alicyclic amines) is 1. The first kappa shape index (κ1) is 27.1. The molecule has 1 unspecified atom stereocenters. The van der Waals surface area contributed by atoms with Crippen molar-refractivity contribution in [2.75, 3.05) is 31.6 Å². The summed E-state index contributed by atoms with van der Waals surface area (Å²) in [5, 5.41) is 2.76. The molecule has 1 aliphatic heterocycles. The Morgan fingerprint density at radius 3 is 2.64 bits per heavy atom. The molecule has 1 aliphatic rings. The Balaban J connectivity index is 0.00000385. The summed E-state index contributed by atoms with van der Waals surface area (Å²) < 4.78 is 51.2. The summed E-state index contributed by atoms with van der Waals surface area (Å²) in [4.78, 5) is 13.8. The standard InChI is InChI=1S/C23H26ClF3N2O3.ClH/c1-2-31-20-7-3-5-16(13-20)17-6-4-12-29(14-17)15-21(23(25,26)27)32-22(30)28-19-10-8-18(24)9-11-19;/h3,5,7-11,13,17,21H,2,4,6,12,14-15H2,1H3,(H,28,30);1H/t17-,21?;/m1./s1. The van der Waals surface area contributed by atoms with Crippen molar-refractivity contribution in [2.45, 2.75) is 38.0 Å². The number of benzene rings is 2. The van der Waals surface area contributed by atoms with E-state index in [9.17, 15) is 18.0 Å². The fraction of sp³-hybridized carbons (Fsp3) is 0.435. The lowest BCUT2D eigenvalue weighted by atomic mass is 9.90. The van der Waals surface area contributed by atoms with Crippen LogP contribution in [0.25, 0.3) is 0 Å². The Labute approximate surface area is 202 Å². The third kappa shape index (κ3) is 8.28.